The number of sulfone groups is 1. The van der Waals surface area contributed by atoms with Crippen molar-refractivity contribution in [3.63, 3.8) is 0 Å². The normalized spacial score (nSPS) is 11.5. The lowest BCUT2D eigenvalue weighted by Gasteiger charge is -1.98. The van der Waals surface area contributed by atoms with E-state index in [0.29, 0.717) is 11.4 Å². The highest BCUT2D eigenvalue weighted by molar-refractivity contribution is 7.89. The molecule has 3 aromatic rings. The summed E-state index contributed by atoms with van der Waals surface area (Å²) in [5.74, 6) is -1.01. The van der Waals surface area contributed by atoms with Crippen molar-refractivity contribution >= 4 is 32.2 Å². The van der Waals surface area contributed by atoms with Crippen molar-refractivity contribution in [3.05, 3.63) is 64.3 Å². The van der Waals surface area contributed by atoms with Gasteiger partial charge in [0.05, 0.1) is 0 Å². The van der Waals surface area contributed by atoms with E-state index in [-0.39, 0.29) is 28.2 Å². The summed E-state index contributed by atoms with van der Waals surface area (Å²) in [5.41, 5.74) is 0.746. The van der Waals surface area contributed by atoms with Gasteiger partial charge in [0.2, 0.25) is 5.13 Å². The average Bonchev–Trinajstić information content (AvgIpc) is 3.15. The molecule has 1 N–H and O–H groups in total. The van der Waals surface area contributed by atoms with Crippen LogP contribution in [0.25, 0.3) is 0 Å². The van der Waals surface area contributed by atoms with Gasteiger partial charge in [0.25, 0.3) is 5.91 Å². The lowest BCUT2D eigenvalue weighted by molar-refractivity contribution is 0.0995. The van der Waals surface area contributed by atoms with Crippen molar-refractivity contribution in [1.29, 1.82) is 0 Å². The number of rotatable bonds is 6. The molecule has 0 aliphatic carbocycles. The molecule has 0 saturated heterocycles. The molecule has 1 amide bonds. The van der Waals surface area contributed by atoms with Gasteiger partial charge in [0, 0.05) is 12.7 Å². The summed E-state index contributed by atoms with van der Waals surface area (Å²) in [6.07, 6.45) is 1.47. The summed E-state index contributed by atoms with van der Waals surface area (Å²) in [5, 5.41) is 11.3. The van der Waals surface area contributed by atoms with Crippen LogP contribution >= 0.6 is 11.3 Å². The maximum Gasteiger partial charge on any atom is 0.293 e. The van der Waals surface area contributed by atoms with E-state index in [9.17, 15) is 17.6 Å². The molecule has 3 rings (SSSR count). The summed E-state index contributed by atoms with van der Waals surface area (Å²) in [7, 11) is -3.25. The molecular formula is C16H14FN3O4S2. The molecule has 0 saturated carbocycles. The number of nitrogens with zero attached hydrogens (tertiary/aromatic N) is 2. The molecule has 0 unspecified atom stereocenters. The Morgan fingerprint density at radius 2 is 2.08 bits per heavy atom. The minimum atomic E-state index is -3.25. The van der Waals surface area contributed by atoms with Crippen molar-refractivity contribution in [2.24, 2.45) is 0 Å². The van der Waals surface area contributed by atoms with Crippen molar-refractivity contribution in [3.8, 4) is 0 Å². The van der Waals surface area contributed by atoms with E-state index in [1.165, 1.54) is 24.3 Å². The Bertz CT molecular complexity index is 1040. The maximum absolute atomic E-state index is 13.2. The third kappa shape index (κ3) is 4.96. The molecule has 0 fully saturated rings. The van der Waals surface area contributed by atoms with Gasteiger partial charge in [-0.15, -0.1) is 10.2 Å². The molecule has 0 aliphatic heterocycles. The first-order valence-electron chi connectivity index (χ1n) is 7.43. The number of hydrogen-bond acceptors (Lipinski definition) is 7. The highest BCUT2D eigenvalue weighted by Crippen LogP contribution is 2.20. The zero-order valence-electron chi connectivity index (χ0n) is 13.6. The third-order valence-electron chi connectivity index (χ3n) is 3.22. The molecular weight excluding hydrogens is 381 g/mol. The Morgan fingerprint density at radius 3 is 2.81 bits per heavy atom. The van der Waals surface area contributed by atoms with Gasteiger partial charge < -0.3 is 4.42 Å². The average molecular weight is 395 g/mol. The molecule has 2 heterocycles. The fraction of sp³-hybridized carbons (Fsp3) is 0.188. The van der Waals surface area contributed by atoms with Gasteiger partial charge in [-0.2, -0.15) is 0 Å². The van der Waals surface area contributed by atoms with E-state index in [1.807, 2.05) is 0 Å². The third-order valence-corrected chi connectivity index (χ3v) is 4.87. The van der Waals surface area contributed by atoms with E-state index in [1.54, 1.807) is 12.1 Å². The fourth-order valence-corrected chi connectivity index (χ4v) is 3.63. The van der Waals surface area contributed by atoms with Crippen molar-refractivity contribution < 1.29 is 22.0 Å². The Hall–Kier alpha value is -2.59. The zero-order chi connectivity index (χ0) is 18.7. The second-order valence-electron chi connectivity index (χ2n) is 5.60. The highest BCUT2D eigenvalue weighted by Gasteiger charge is 2.16. The van der Waals surface area contributed by atoms with Gasteiger partial charge in [-0.1, -0.05) is 23.5 Å². The van der Waals surface area contributed by atoms with Crippen molar-refractivity contribution in [1.82, 2.24) is 10.2 Å². The van der Waals surface area contributed by atoms with Crippen LogP contribution in [0.3, 0.4) is 0 Å². The number of halogens is 1. The SMILES string of the molecule is CS(=O)(=O)Cc1ccc(C(=O)Nc2nnc(Cc3cccc(F)c3)s2)o1. The molecule has 10 heteroatoms. The van der Waals surface area contributed by atoms with E-state index >= 15 is 0 Å². The van der Waals surface area contributed by atoms with Crippen LogP contribution in [-0.4, -0.2) is 30.8 Å². The predicted molar refractivity (Wildman–Crippen MR) is 94.3 cm³/mol. The number of nitrogens with one attached hydrogen (secondary N) is 1. The summed E-state index contributed by atoms with van der Waals surface area (Å²) >= 11 is 1.16. The van der Waals surface area contributed by atoms with Crippen LogP contribution in [0.5, 0.6) is 0 Å². The first-order chi connectivity index (χ1) is 12.3. The molecule has 0 bridgehead atoms. The monoisotopic (exact) mass is 395 g/mol. The van der Waals surface area contributed by atoms with Crippen LogP contribution in [-0.2, 0) is 22.0 Å². The molecule has 0 atom stereocenters. The smallest absolute Gasteiger partial charge is 0.293 e. The standard InChI is InChI=1S/C16H14FN3O4S2/c1-26(22,23)9-12-5-6-13(24-12)15(21)18-16-20-19-14(25-16)8-10-3-2-4-11(17)7-10/h2-7H,8-9H2,1H3,(H,18,20,21). The number of aromatic nitrogens is 2. The topological polar surface area (TPSA) is 102 Å². The summed E-state index contributed by atoms with van der Waals surface area (Å²) in [6, 6.07) is 8.98. The van der Waals surface area contributed by atoms with Crippen LogP contribution in [0, 0.1) is 5.82 Å². The van der Waals surface area contributed by atoms with Crippen LogP contribution in [0.15, 0.2) is 40.8 Å². The number of amides is 1. The maximum atomic E-state index is 13.2. The van der Waals surface area contributed by atoms with E-state index in [0.717, 1.165) is 23.2 Å². The highest BCUT2D eigenvalue weighted by atomic mass is 32.2. The lowest BCUT2D eigenvalue weighted by atomic mass is 10.1. The van der Waals surface area contributed by atoms with E-state index in [2.05, 4.69) is 15.5 Å². The van der Waals surface area contributed by atoms with Gasteiger partial charge in [-0.05, 0) is 29.8 Å². The Morgan fingerprint density at radius 1 is 1.27 bits per heavy atom. The largest absolute Gasteiger partial charge is 0.455 e. The summed E-state index contributed by atoms with van der Waals surface area (Å²) < 4.78 is 40.9. The minimum Gasteiger partial charge on any atom is -0.455 e. The summed E-state index contributed by atoms with van der Waals surface area (Å²) in [6.45, 7) is 0. The molecule has 7 nitrogen and oxygen atoms in total. The number of carbonyl (C=O) groups is 1. The Balaban J connectivity index is 1.64. The predicted octanol–water partition coefficient (Wildman–Crippen LogP) is 2.66. The molecule has 136 valence electrons. The quantitative estimate of drug-likeness (QED) is 0.688. The number of anilines is 1. The van der Waals surface area contributed by atoms with Gasteiger partial charge >= 0.3 is 0 Å². The van der Waals surface area contributed by atoms with E-state index < -0.39 is 15.7 Å². The second-order valence-corrected chi connectivity index (χ2v) is 8.80. The number of carbonyl (C=O) groups excluding carboxylic acids is 1. The van der Waals surface area contributed by atoms with Crippen molar-refractivity contribution in [2.75, 3.05) is 11.6 Å². The zero-order valence-corrected chi connectivity index (χ0v) is 15.2. The van der Waals surface area contributed by atoms with Gasteiger partial charge in [0.15, 0.2) is 15.6 Å². The van der Waals surface area contributed by atoms with Crippen molar-refractivity contribution in [2.45, 2.75) is 12.2 Å². The second kappa shape index (κ2) is 7.34. The molecule has 2 aromatic heterocycles. The number of hydrogen-bond donors (Lipinski definition) is 1. The van der Waals surface area contributed by atoms with Crippen LogP contribution < -0.4 is 5.32 Å². The first-order valence-corrected chi connectivity index (χ1v) is 10.3. The molecule has 1 aromatic carbocycles. The Kier molecular flexibility index (Phi) is 5.14. The van der Waals surface area contributed by atoms with E-state index in [4.69, 9.17) is 4.42 Å². The number of benzene rings is 1. The molecule has 0 spiro atoms. The fourth-order valence-electron chi connectivity index (χ4n) is 2.19. The van der Waals surface area contributed by atoms with Crippen LogP contribution in [0.1, 0.15) is 26.9 Å². The molecule has 0 radical (unpaired) electrons. The molecule has 26 heavy (non-hydrogen) atoms. The van der Waals surface area contributed by atoms with Gasteiger partial charge in [-0.3, -0.25) is 10.1 Å². The first kappa shape index (κ1) is 18.2. The minimum absolute atomic E-state index is 0.0227. The lowest BCUT2D eigenvalue weighted by Crippen LogP contribution is -2.10. The van der Waals surface area contributed by atoms with Gasteiger partial charge in [-0.25, -0.2) is 12.8 Å². The Labute approximate surface area is 152 Å². The number of furan rings is 1. The van der Waals surface area contributed by atoms with Crippen LogP contribution in [0.2, 0.25) is 0 Å². The van der Waals surface area contributed by atoms with Crippen LogP contribution in [0.4, 0.5) is 9.52 Å². The molecule has 0 aliphatic rings. The van der Waals surface area contributed by atoms with Gasteiger partial charge in [0.1, 0.15) is 22.3 Å². The summed E-state index contributed by atoms with van der Waals surface area (Å²) in [4.78, 5) is 12.1.